The number of methoxy groups -OCH3 is 2. The highest BCUT2D eigenvalue weighted by Gasteiger charge is 2.23. The fraction of sp³-hybridized carbons (Fsp3) is 0.545. The molecule has 9 heteroatoms. The standard InChI is InChI=1S/C22H33N5O2S.HI/c1-15-21(30-16(2)25-15)6-8-24-22(23-3)26-18-7-9-27(14-18)13-17-10-19(28-4)12-20(11-17)29-5;/h10-12,18H,6-9,13-14H2,1-5H3,(H2,23,24,26);1H. The van der Waals surface area contributed by atoms with Crippen molar-refractivity contribution in [3.05, 3.63) is 39.3 Å². The molecule has 2 heterocycles. The maximum atomic E-state index is 5.39. The first-order valence-corrected chi connectivity index (χ1v) is 11.2. The first-order valence-electron chi connectivity index (χ1n) is 10.3. The minimum atomic E-state index is 0. The van der Waals surface area contributed by atoms with Gasteiger partial charge in [0.25, 0.3) is 0 Å². The van der Waals surface area contributed by atoms with E-state index < -0.39 is 0 Å². The molecule has 1 unspecified atom stereocenters. The monoisotopic (exact) mass is 559 g/mol. The lowest BCUT2D eigenvalue weighted by Crippen LogP contribution is -2.45. The van der Waals surface area contributed by atoms with Gasteiger partial charge in [-0.15, -0.1) is 35.3 Å². The molecule has 0 radical (unpaired) electrons. The molecule has 2 aromatic rings. The zero-order chi connectivity index (χ0) is 21.5. The van der Waals surface area contributed by atoms with Crippen molar-refractivity contribution in [3.8, 4) is 11.5 Å². The van der Waals surface area contributed by atoms with Crippen molar-refractivity contribution >= 4 is 41.3 Å². The van der Waals surface area contributed by atoms with Gasteiger partial charge in [0, 0.05) is 56.6 Å². The van der Waals surface area contributed by atoms with Crippen molar-refractivity contribution in [1.29, 1.82) is 0 Å². The highest BCUT2D eigenvalue weighted by molar-refractivity contribution is 14.0. The summed E-state index contributed by atoms with van der Waals surface area (Å²) in [6.07, 6.45) is 2.06. The fourth-order valence-corrected chi connectivity index (χ4v) is 4.73. The summed E-state index contributed by atoms with van der Waals surface area (Å²) in [6, 6.07) is 6.44. The summed E-state index contributed by atoms with van der Waals surface area (Å²) in [5.41, 5.74) is 2.34. The van der Waals surface area contributed by atoms with Crippen LogP contribution in [-0.4, -0.2) is 62.8 Å². The number of hydrogen-bond acceptors (Lipinski definition) is 6. The van der Waals surface area contributed by atoms with Crippen LogP contribution in [0.15, 0.2) is 23.2 Å². The van der Waals surface area contributed by atoms with Crippen LogP contribution in [0.3, 0.4) is 0 Å². The lowest BCUT2D eigenvalue weighted by Gasteiger charge is -2.19. The molecule has 1 aliphatic heterocycles. The van der Waals surface area contributed by atoms with Gasteiger partial charge in [0.1, 0.15) is 11.5 Å². The zero-order valence-corrected chi connectivity index (χ0v) is 22.2. The molecule has 31 heavy (non-hydrogen) atoms. The Morgan fingerprint density at radius 3 is 2.52 bits per heavy atom. The van der Waals surface area contributed by atoms with Gasteiger partial charge in [-0.2, -0.15) is 0 Å². The van der Waals surface area contributed by atoms with E-state index in [1.807, 2.05) is 13.1 Å². The van der Waals surface area contributed by atoms with Gasteiger partial charge in [0.2, 0.25) is 0 Å². The second-order valence-electron chi connectivity index (χ2n) is 7.58. The molecule has 3 rings (SSSR count). The van der Waals surface area contributed by atoms with Crippen LogP contribution < -0.4 is 20.1 Å². The van der Waals surface area contributed by atoms with Crippen LogP contribution in [0.25, 0.3) is 0 Å². The zero-order valence-electron chi connectivity index (χ0n) is 19.0. The number of hydrogen-bond donors (Lipinski definition) is 2. The van der Waals surface area contributed by atoms with Crippen LogP contribution in [0.4, 0.5) is 0 Å². The predicted octanol–water partition coefficient (Wildman–Crippen LogP) is 3.38. The largest absolute Gasteiger partial charge is 0.497 e. The van der Waals surface area contributed by atoms with E-state index in [1.54, 1.807) is 25.6 Å². The Bertz CT molecular complexity index is 851. The van der Waals surface area contributed by atoms with E-state index >= 15 is 0 Å². The summed E-state index contributed by atoms with van der Waals surface area (Å²) in [5.74, 6) is 2.52. The molecule has 1 saturated heterocycles. The number of nitrogens with one attached hydrogen (secondary N) is 2. The number of rotatable bonds is 8. The van der Waals surface area contributed by atoms with Crippen molar-refractivity contribution in [2.45, 2.75) is 39.3 Å². The van der Waals surface area contributed by atoms with Crippen molar-refractivity contribution in [2.24, 2.45) is 4.99 Å². The third-order valence-corrected chi connectivity index (χ3v) is 6.43. The first kappa shape index (κ1) is 25.7. The smallest absolute Gasteiger partial charge is 0.191 e. The Morgan fingerprint density at radius 2 is 1.94 bits per heavy atom. The van der Waals surface area contributed by atoms with Crippen molar-refractivity contribution in [2.75, 3.05) is 40.9 Å². The number of aromatic nitrogens is 1. The molecule has 0 spiro atoms. The molecule has 1 aromatic carbocycles. The van der Waals surface area contributed by atoms with E-state index in [9.17, 15) is 0 Å². The van der Waals surface area contributed by atoms with Gasteiger partial charge >= 0.3 is 0 Å². The predicted molar refractivity (Wildman–Crippen MR) is 138 cm³/mol. The second kappa shape index (κ2) is 12.4. The number of thiazole rings is 1. The third-order valence-electron chi connectivity index (χ3n) is 5.30. The average molecular weight is 560 g/mol. The van der Waals surface area contributed by atoms with Crippen LogP contribution >= 0.6 is 35.3 Å². The Morgan fingerprint density at radius 1 is 1.23 bits per heavy atom. The van der Waals surface area contributed by atoms with Gasteiger partial charge in [-0.1, -0.05) is 0 Å². The highest BCUT2D eigenvalue weighted by Crippen LogP contribution is 2.24. The molecule has 172 valence electrons. The van der Waals surface area contributed by atoms with Gasteiger partial charge in [0.15, 0.2) is 5.96 Å². The quantitative estimate of drug-likeness (QED) is 0.294. The van der Waals surface area contributed by atoms with Gasteiger partial charge < -0.3 is 20.1 Å². The normalized spacial score (nSPS) is 16.7. The van der Waals surface area contributed by atoms with Crippen molar-refractivity contribution < 1.29 is 9.47 Å². The van der Waals surface area contributed by atoms with Crippen LogP contribution in [0, 0.1) is 13.8 Å². The molecule has 1 aliphatic rings. The molecule has 0 bridgehead atoms. The van der Waals surface area contributed by atoms with Gasteiger partial charge in [-0.25, -0.2) is 4.98 Å². The van der Waals surface area contributed by atoms with E-state index in [-0.39, 0.29) is 24.0 Å². The topological polar surface area (TPSA) is 71.0 Å². The van der Waals surface area contributed by atoms with Crippen LogP contribution in [-0.2, 0) is 13.0 Å². The molecule has 7 nitrogen and oxygen atoms in total. The summed E-state index contributed by atoms with van der Waals surface area (Å²) in [7, 11) is 5.20. The molecule has 0 amide bonds. The lowest BCUT2D eigenvalue weighted by molar-refractivity contribution is 0.321. The summed E-state index contributed by atoms with van der Waals surface area (Å²) >= 11 is 1.78. The molecular weight excluding hydrogens is 525 g/mol. The average Bonchev–Trinajstić information content (AvgIpc) is 3.31. The summed E-state index contributed by atoms with van der Waals surface area (Å²) in [4.78, 5) is 12.7. The first-order chi connectivity index (χ1) is 14.5. The Hall–Kier alpha value is -1.59. The number of likely N-dealkylation sites (tertiary alicyclic amines) is 1. The number of nitrogens with zero attached hydrogens (tertiary/aromatic N) is 3. The third kappa shape index (κ3) is 7.50. The van der Waals surface area contributed by atoms with Crippen LogP contribution in [0.2, 0.25) is 0 Å². The van der Waals surface area contributed by atoms with Gasteiger partial charge in [-0.05, 0) is 38.0 Å². The number of benzene rings is 1. The lowest BCUT2D eigenvalue weighted by atomic mass is 10.2. The summed E-state index contributed by atoms with van der Waals surface area (Å²) in [5, 5.41) is 8.14. The molecule has 2 N–H and O–H groups in total. The maximum absolute atomic E-state index is 5.39. The molecule has 1 atom stereocenters. The Balaban J connectivity index is 0.00000341. The second-order valence-corrected chi connectivity index (χ2v) is 8.86. The van der Waals surface area contributed by atoms with E-state index in [1.165, 1.54) is 10.4 Å². The number of halogens is 1. The number of aryl methyl sites for hydroxylation is 2. The molecule has 1 aromatic heterocycles. The molecular formula is C22H34IN5O2S. The summed E-state index contributed by atoms with van der Waals surface area (Å²) in [6.45, 7) is 7.89. The van der Waals surface area contributed by atoms with Gasteiger partial charge in [0.05, 0.1) is 24.9 Å². The molecule has 0 aliphatic carbocycles. The van der Waals surface area contributed by atoms with Crippen molar-refractivity contribution in [3.63, 3.8) is 0 Å². The number of guanidine groups is 1. The minimum absolute atomic E-state index is 0. The SMILES string of the molecule is CN=C(NCCc1sc(C)nc1C)NC1CCN(Cc2cc(OC)cc(OC)c2)C1.I. The van der Waals surface area contributed by atoms with Crippen LogP contribution in [0.1, 0.15) is 27.6 Å². The highest BCUT2D eigenvalue weighted by atomic mass is 127. The van der Waals surface area contributed by atoms with Crippen molar-refractivity contribution in [1.82, 2.24) is 20.5 Å². The molecule has 0 saturated carbocycles. The minimum Gasteiger partial charge on any atom is -0.497 e. The molecule has 1 fully saturated rings. The summed E-state index contributed by atoms with van der Waals surface area (Å²) < 4.78 is 10.8. The number of aliphatic imine (C=N–C) groups is 1. The van der Waals surface area contributed by atoms with Gasteiger partial charge in [-0.3, -0.25) is 9.89 Å². The van der Waals surface area contributed by atoms with E-state index in [4.69, 9.17) is 9.47 Å². The maximum Gasteiger partial charge on any atom is 0.191 e. The fourth-order valence-electron chi connectivity index (χ4n) is 3.80. The van der Waals surface area contributed by atoms with E-state index in [0.29, 0.717) is 6.04 Å². The van der Waals surface area contributed by atoms with Crippen LogP contribution in [0.5, 0.6) is 11.5 Å². The van der Waals surface area contributed by atoms with E-state index in [2.05, 4.69) is 51.5 Å². The number of ether oxygens (including phenoxy) is 2. The Kier molecular flexibility index (Phi) is 10.3. The Labute approximate surface area is 206 Å². The van der Waals surface area contributed by atoms with E-state index in [0.717, 1.165) is 67.2 Å².